The van der Waals surface area contributed by atoms with Crippen LogP contribution in [0.25, 0.3) is 0 Å². The van der Waals surface area contributed by atoms with Crippen molar-refractivity contribution in [1.29, 1.82) is 0 Å². The number of benzene rings is 1. The highest BCUT2D eigenvalue weighted by Gasteiger charge is 2.15. The Labute approximate surface area is 126 Å². The molecular weight excluding hydrogens is 260 g/mol. The van der Waals surface area contributed by atoms with Crippen LogP contribution in [0.5, 0.6) is 0 Å². The molecule has 1 unspecified atom stereocenters. The van der Waals surface area contributed by atoms with Crippen LogP contribution in [0.2, 0.25) is 0 Å². The molecule has 0 saturated carbocycles. The van der Waals surface area contributed by atoms with Crippen molar-refractivity contribution in [1.82, 2.24) is 9.88 Å². The quantitative estimate of drug-likeness (QED) is 0.815. The second-order valence-electron chi connectivity index (χ2n) is 5.66. The standard InChI is InChI=1S/C18H22N2O/c1-14(21)12-18(20(2)3)17-6-4-15(5-7-17)13-16-8-10-19-11-9-16/h4-11,18H,12-13H2,1-3H3. The van der Waals surface area contributed by atoms with Gasteiger partial charge in [0.1, 0.15) is 5.78 Å². The highest BCUT2D eigenvalue weighted by molar-refractivity contribution is 5.76. The van der Waals surface area contributed by atoms with Gasteiger partial charge >= 0.3 is 0 Å². The molecule has 1 atom stereocenters. The van der Waals surface area contributed by atoms with E-state index in [0.29, 0.717) is 6.42 Å². The molecule has 3 heteroatoms. The predicted molar refractivity (Wildman–Crippen MR) is 85.2 cm³/mol. The third-order valence-corrected chi connectivity index (χ3v) is 3.63. The lowest BCUT2D eigenvalue weighted by Crippen LogP contribution is -2.22. The van der Waals surface area contributed by atoms with Crippen molar-refractivity contribution >= 4 is 5.78 Å². The van der Waals surface area contributed by atoms with E-state index in [1.807, 2.05) is 38.6 Å². The fraction of sp³-hybridized carbons (Fsp3) is 0.333. The van der Waals surface area contributed by atoms with Crippen LogP contribution >= 0.6 is 0 Å². The Morgan fingerprint density at radius 1 is 1.05 bits per heavy atom. The molecule has 0 N–H and O–H groups in total. The minimum absolute atomic E-state index is 0.150. The number of rotatable bonds is 6. The number of hydrogen-bond acceptors (Lipinski definition) is 3. The SMILES string of the molecule is CC(=O)CC(c1ccc(Cc2ccncc2)cc1)N(C)C. The van der Waals surface area contributed by atoms with Crippen LogP contribution in [0.1, 0.15) is 36.1 Å². The number of aromatic nitrogens is 1. The maximum absolute atomic E-state index is 11.4. The lowest BCUT2D eigenvalue weighted by molar-refractivity contribution is -0.118. The van der Waals surface area contributed by atoms with Crippen molar-refractivity contribution in [3.05, 3.63) is 65.5 Å². The van der Waals surface area contributed by atoms with E-state index in [4.69, 9.17) is 0 Å². The van der Waals surface area contributed by atoms with Crippen molar-refractivity contribution in [3.8, 4) is 0 Å². The Morgan fingerprint density at radius 3 is 2.14 bits per heavy atom. The van der Waals surface area contributed by atoms with Crippen LogP contribution in [0.3, 0.4) is 0 Å². The monoisotopic (exact) mass is 282 g/mol. The topological polar surface area (TPSA) is 33.2 Å². The number of Topliss-reactive ketones (excluding diaryl/α,β-unsaturated/α-hetero) is 1. The second-order valence-corrected chi connectivity index (χ2v) is 5.66. The molecule has 0 bridgehead atoms. The van der Waals surface area contributed by atoms with E-state index in [1.54, 1.807) is 6.92 Å². The molecule has 3 nitrogen and oxygen atoms in total. The van der Waals surface area contributed by atoms with E-state index < -0.39 is 0 Å². The van der Waals surface area contributed by atoms with Crippen LogP contribution < -0.4 is 0 Å². The molecule has 0 fully saturated rings. The summed E-state index contributed by atoms with van der Waals surface area (Å²) >= 11 is 0. The summed E-state index contributed by atoms with van der Waals surface area (Å²) in [5.74, 6) is 0.217. The predicted octanol–water partition coefficient (Wildman–Crippen LogP) is 3.25. The van der Waals surface area contributed by atoms with Crippen LogP contribution in [0.4, 0.5) is 0 Å². The molecule has 2 aromatic rings. The Hall–Kier alpha value is -2.00. The summed E-state index contributed by atoms with van der Waals surface area (Å²) in [6.45, 7) is 1.65. The van der Waals surface area contributed by atoms with Gasteiger partial charge in [0.25, 0.3) is 0 Å². The first-order valence-corrected chi connectivity index (χ1v) is 7.20. The Bertz CT molecular complexity index is 576. The maximum Gasteiger partial charge on any atom is 0.131 e. The minimum Gasteiger partial charge on any atom is -0.302 e. The molecule has 0 aliphatic rings. The minimum atomic E-state index is 0.150. The van der Waals surface area contributed by atoms with Crippen molar-refractivity contribution < 1.29 is 4.79 Å². The van der Waals surface area contributed by atoms with Gasteiger partial charge in [0.05, 0.1) is 0 Å². The number of nitrogens with zero attached hydrogens (tertiary/aromatic N) is 2. The Morgan fingerprint density at radius 2 is 1.62 bits per heavy atom. The molecule has 0 saturated heterocycles. The van der Waals surface area contributed by atoms with E-state index in [2.05, 4.69) is 34.1 Å². The first kappa shape index (κ1) is 15.4. The zero-order valence-electron chi connectivity index (χ0n) is 12.9. The van der Waals surface area contributed by atoms with Gasteiger partial charge in [-0.15, -0.1) is 0 Å². The van der Waals surface area contributed by atoms with Gasteiger partial charge in [0, 0.05) is 24.9 Å². The molecule has 1 heterocycles. The summed E-state index contributed by atoms with van der Waals surface area (Å²) in [5.41, 5.74) is 3.71. The third-order valence-electron chi connectivity index (χ3n) is 3.63. The molecular formula is C18H22N2O. The summed E-state index contributed by atoms with van der Waals surface area (Å²) in [4.78, 5) is 17.5. The molecule has 0 spiro atoms. The van der Waals surface area contributed by atoms with E-state index >= 15 is 0 Å². The van der Waals surface area contributed by atoms with Crippen molar-refractivity contribution in [2.24, 2.45) is 0 Å². The molecule has 21 heavy (non-hydrogen) atoms. The number of carbonyl (C=O) groups is 1. The lowest BCUT2D eigenvalue weighted by Gasteiger charge is -2.24. The van der Waals surface area contributed by atoms with Crippen LogP contribution in [0.15, 0.2) is 48.8 Å². The molecule has 1 aromatic heterocycles. The summed E-state index contributed by atoms with van der Waals surface area (Å²) < 4.78 is 0. The molecule has 0 radical (unpaired) electrons. The van der Waals surface area contributed by atoms with E-state index in [0.717, 1.165) is 6.42 Å². The number of hydrogen-bond donors (Lipinski definition) is 0. The van der Waals surface area contributed by atoms with Gasteiger partial charge in [-0.25, -0.2) is 0 Å². The van der Waals surface area contributed by atoms with E-state index in [9.17, 15) is 4.79 Å². The normalized spacial score (nSPS) is 12.4. The van der Waals surface area contributed by atoms with Gasteiger partial charge in [-0.1, -0.05) is 24.3 Å². The molecule has 0 aliphatic carbocycles. The fourth-order valence-electron chi connectivity index (χ4n) is 2.46. The van der Waals surface area contributed by atoms with Gasteiger partial charge in [-0.3, -0.25) is 9.78 Å². The van der Waals surface area contributed by atoms with Crippen molar-refractivity contribution in [3.63, 3.8) is 0 Å². The Balaban J connectivity index is 2.12. The van der Waals surface area contributed by atoms with E-state index in [1.165, 1.54) is 16.7 Å². The summed E-state index contributed by atoms with van der Waals surface area (Å²) in [6.07, 6.45) is 5.09. The summed E-state index contributed by atoms with van der Waals surface area (Å²) in [7, 11) is 4.02. The van der Waals surface area contributed by atoms with Gasteiger partial charge < -0.3 is 4.90 Å². The number of pyridine rings is 1. The van der Waals surface area contributed by atoms with Crippen LogP contribution in [-0.4, -0.2) is 29.8 Å². The third kappa shape index (κ3) is 4.50. The molecule has 0 aliphatic heterocycles. The lowest BCUT2D eigenvalue weighted by atomic mass is 9.98. The van der Waals surface area contributed by atoms with Crippen molar-refractivity contribution in [2.45, 2.75) is 25.8 Å². The highest BCUT2D eigenvalue weighted by Crippen LogP contribution is 2.23. The van der Waals surface area contributed by atoms with Crippen LogP contribution in [-0.2, 0) is 11.2 Å². The van der Waals surface area contributed by atoms with Gasteiger partial charge in [-0.2, -0.15) is 0 Å². The van der Waals surface area contributed by atoms with Crippen molar-refractivity contribution in [2.75, 3.05) is 14.1 Å². The van der Waals surface area contributed by atoms with E-state index in [-0.39, 0.29) is 11.8 Å². The molecule has 1 aromatic carbocycles. The smallest absolute Gasteiger partial charge is 0.131 e. The second kappa shape index (κ2) is 7.14. The first-order valence-electron chi connectivity index (χ1n) is 7.20. The number of ketones is 1. The van der Waals surface area contributed by atoms with Gasteiger partial charge in [-0.05, 0) is 56.3 Å². The fourth-order valence-corrected chi connectivity index (χ4v) is 2.46. The average molecular weight is 282 g/mol. The zero-order chi connectivity index (χ0) is 15.2. The molecule has 110 valence electrons. The zero-order valence-corrected chi connectivity index (χ0v) is 12.9. The average Bonchev–Trinajstić information content (AvgIpc) is 2.46. The molecule has 2 rings (SSSR count). The first-order chi connectivity index (χ1) is 10.1. The summed E-state index contributed by atoms with van der Waals surface area (Å²) in [6, 6.07) is 12.8. The number of carbonyl (C=O) groups excluding carboxylic acids is 1. The summed E-state index contributed by atoms with van der Waals surface area (Å²) in [5, 5.41) is 0. The Kier molecular flexibility index (Phi) is 5.23. The van der Waals surface area contributed by atoms with Crippen LogP contribution in [0, 0.1) is 0 Å². The molecule has 0 amide bonds. The van der Waals surface area contributed by atoms with Gasteiger partial charge in [0.2, 0.25) is 0 Å². The largest absolute Gasteiger partial charge is 0.302 e. The maximum atomic E-state index is 11.4. The van der Waals surface area contributed by atoms with Gasteiger partial charge in [0.15, 0.2) is 0 Å². The highest BCUT2D eigenvalue weighted by atomic mass is 16.1.